The number of rotatable bonds is 15. The van der Waals surface area contributed by atoms with Gasteiger partial charge in [-0.25, -0.2) is 5.43 Å². The number of hydrogen-bond donors (Lipinski definition) is 3. The number of alkyl halides is 3. The number of anilines is 2. The quantitative estimate of drug-likeness (QED) is 0.146. The molecule has 50 heavy (non-hydrogen) atoms. The highest BCUT2D eigenvalue weighted by atomic mass is 35.5. The predicted octanol–water partition coefficient (Wildman–Crippen LogP) is 5.26. The third-order valence-electron chi connectivity index (χ3n) is 8.66. The standard InChI is InChI=1S/C36H45ClF3N7O3/c1-4-45(5-2)14-13-44(3)25-27-7-6-8-28(21-27)34(49)42-33-12-10-29(47-17-15-46(16-18-47)19-20-48)23-30(33)35(50)43-41-24-26-9-11-32(37)31(22-26)36(38,39)40/h6-12,21-24,48H,4-5,13-20,25H2,1-3H3,(H,42,49)(H,43,50)/b41-24+. The van der Waals surface area contributed by atoms with Crippen LogP contribution in [0, 0.1) is 0 Å². The lowest BCUT2D eigenvalue weighted by atomic mass is 10.1. The largest absolute Gasteiger partial charge is 0.417 e. The highest BCUT2D eigenvalue weighted by molar-refractivity contribution is 6.31. The maximum absolute atomic E-state index is 13.5. The first-order chi connectivity index (χ1) is 23.9. The number of hydrazone groups is 1. The number of nitrogens with zero attached hydrogens (tertiary/aromatic N) is 5. The number of hydrogen-bond acceptors (Lipinski definition) is 8. The lowest BCUT2D eigenvalue weighted by Crippen LogP contribution is -2.47. The van der Waals surface area contributed by atoms with Crippen LogP contribution in [0.25, 0.3) is 0 Å². The van der Waals surface area contributed by atoms with Crippen molar-refractivity contribution in [1.82, 2.24) is 20.1 Å². The Morgan fingerprint density at radius 2 is 1.72 bits per heavy atom. The van der Waals surface area contributed by atoms with Gasteiger partial charge in [-0.15, -0.1) is 0 Å². The van der Waals surface area contributed by atoms with Crippen LogP contribution in [0.3, 0.4) is 0 Å². The number of benzene rings is 3. The van der Waals surface area contributed by atoms with Crippen molar-refractivity contribution in [3.63, 3.8) is 0 Å². The SMILES string of the molecule is CCN(CC)CCN(C)Cc1cccc(C(=O)Nc2ccc(N3CCN(CCO)CC3)cc2C(=O)N/N=C/c2ccc(Cl)c(C(F)(F)F)c2)c1. The second-order valence-corrected chi connectivity index (χ2v) is 12.5. The van der Waals surface area contributed by atoms with Crippen LogP contribution in [0.5, 0.6) is 0 Å². The number of carbonyl (C=O) groups excluding carboxylic acids is 2. The van der Waals surface area contributed by atoms with Crippen molar-refractivity contribution in [2.75, 3.05) is 82.8 Å². The Bertz CT molecular complexity index is 1630. The van der Waals surface area contributed by atoms with Gasteiger partial charge in [0.2, 0.25) is 0 Å². The molecular weight excluding hydrogens is 671 g/mol. The van der Waals surface area contributed by atoms with E-state index in [2.05, 4.69) is 49.3 Å². The summed E-state index contributed by atoms with van der Waals surface area (Å²) in [6.07, 6.45) is -3.56. The molecule has 0 radical (unpaired) electrons. The van der Waals surface area contributed by atoms with Gasteiger partial charge in [0.05, 0.1) is 34.7 Å². The average molecular weight is 716 g/mol. The molecule has 0 saturated carbocycles. The van der Waals surface area contributed by atoms with E-state index >= 15 is 0 Å². The van der Waals surface area contributed by atoms with Gasteiger partial charge in [0.25, 0.3) is 11.8 Å². The molecule has 3 aromatic carbocycles. The van der Waals surface area contributed by atoms with Crippen LogP contribution < -0.4 is 15.6 Å². The molecule has 4 rings (SSSR count). The van der Waals surface area contributed by atoms with Gasteiger partial charge >= 0.3 is 6.18 Å². The molecular formula is C36H45ClF3N7O3. The van der Waals surface area contributed by atoms with Gasteiger partial charge < -0.3 is 25.1 Å². The molecule has 3 aromatic rings. The summed E-state index contributed by atoms with van der Waals surface area (Å²) in [6, 6.07) is 15.8. The molecule has 1 fully saturated rings. The molecule has 0 aromatic heterocycles. The first-order valence-electron chi connectivity index (χ1n) is 16.6. The minimum absolute atomic E-state index is 0.0725. The number of amides is 2. The van der Waals surface area contributed by atoms with E-state index in [0.29, 0.717) is 31.7 Å². The van der Waals surface area contributed by atoms with Crippen LogP contribution >= 0.6 is 11.6 Å². The predicted molar refractivity (Wildman–Crippen MR) is 192 cm³/mol. The molecule has 1 heterocycles. The number of nitrogens with one attached hydrogen (secondary N) is 2. The molecule has 0 bridgehead atoms. The molecule has 1 saturated heterocycles. The number of aliphatic hydroxyl groups excluding tert-OH is 1. The van der Waals surface area contributed by atoms with E-state index in [4.69, 9.17) is 11.6 Å². The fourth-order valence-corrected chi connectivity index (χ4v) is 5.94. The topological polar surface area (TPSA) is 104 Å². The third-order valence-corrected chi connectivity index (χ3v) is 8.99. The molecule has 1 aliphatic heterocycles. The van der Waals surface area contributed by atoms with E-state index in [1.54, 1.807) is 18.2 Å². The van der Waals surface area contributed by atoms with Crippen LogP contribution in [-0.2, 0) is 12.7 Å². The smallest absolute Gasteiger partial charge is 0.395 e. The highest BCUT2D eigenvalue weighted by Crippen LogP contribution is 2.35. The molecule has 270 valence electrons. The van der Waals surface area contributed by atoms with Crippen LogP contribution in [0.4, 0.5) is 24.5 Å². The van der Waals surface area contributed by atoms with Crippen LogP contribution in [0.1, 0.15) is 51.3 Å². The van der Waals surface area contributed by atoms with Crippen LogP contribution in [0.2, 0.25) is 5.02 Å². The van der Waals surface area contributed by atoms with Crippen molar-refractivity contribution in [3.8, 4) is 0 Å². The van der Waals surface area contributed by atoms with Gasteiger partial charge in [0.15, 0.2) is 0 Å². The van der Waals surface area contributed by atoms with Gasteiger partial charge in [-0.1, -0.05) is 43.6 Å². The molecule has 1 aliphatic rings. The van der Waals surface area contributed by atoms with Crippen LogP contribution in [-0.4, -0.2) is 110 Å². The van der Waals surface area contributed by atoms with Crippen molar-refractivity contribution < 1.29 is 27.9 Å². The Labute approximate surface area is 296 Å². The Kier molecular flexibility index (Phi) is 14.2. The van der Waals surface area contributed by atoms with Gasteiger partial charge in [-0.3, -0.25) is 14.5 Å². The lowest BCUT2D eigenvalue weighted by molar-refractivity contribution is -0.137. The monoisotopic (exact) mass is 715 g/mol. The summed E-state index contributed by atoms with van der Waals surface area (Å²) in [5, 5.41) is 15.6. The van der Waals surface area contributed by atoms with Crippen molar-refractivity contribution in [3.05, 3.63) is 93.5 Å². The highest BCUT2D eigenvalue weighted by Gasteiger charge is 2.33. The molecule has 0 spiro atoms. The number of piperazine rings is 1. The van der Waals surface area contributed by atoms with Crippen molar-refractivity contribution >= 4 is 41.0 Å². The van der Waals surface area contributed by atoms with E-state index in [-0.39, 0.29) is 23.4 Å². The zero-order chi connectivity index (χ0) is 36.3. The minimum atomic E-state index is -4.65. The minimum Gasteiger partial charge on any atom is -0.395 e. The molecule has 10 nitrogen and oxygen atoms in total. The maximum atomic E-state index is 13.5. The summed E-state index contributed by atoms with van der Waals surface area (Å²) in [4.78, 5) is 35.8. The molecule has 0 unspecified atom stereocenters. The fourth-order valence-electron chi connectivity index (χ4n) is 5.71. The summed E-state index contributed by atoms with van der Waals surface area (Å²) in [6.45, 7) is 12.2. The summed E-state index contributed by atoms with van der Waals surface area (Å²) in [5.74, 6) is -1.06. The van der Waals surface area contributed by atoms with Gasteiger partial charge in [0, 0.05) is 63.6 Å². The van der Waals surface area contributed by atoms with Gasteiger partial charge in [-0.05, 0) is 73.7 Å². The number of carbonyl (C=O) groups is 2. The zero-order valence-corrected chi connectivity index (χ0v) is 29.4. The number of aliphatic hydroxyl groups is 1. The van der Waals surface area contributed by atoms with E-state index in [1.807, 2.05) is 31.3 Å². The summed E-state index contributed by atoms with van der Waals surface area (Å²) in [7, 11) is 2.04. The van der Waals surface area contributed by atoms with Crippen LogP contribution in [0.15, 0.2) is 65.8 Å². The van der Waals surface area contributed by atoms with E-state index in [9.17, 15) is 27.9 Å². The normalized spacial score (nSPS) is 14.2. The Morgan fingerprint density at radius 1 is 0.980 bits per heavy atom. The molecule has 2 amide bonds. The summed E-state index contributed by atoms with van der Waals surface area (Å²) < 4.78 is 40.0. The average Bonchev–Trinajstić information content (AvgIpc) is 3.09. The number of halogens is 4. The van der Waals surface area contributed by atoms with E-state index in [0.717, 1.165) is 68.9 Å². The Morgan fingerprint density at radius 3 is 2.40 bits per heavy atom. The Hall–Kier alpha value is -4.01. The first kappa shape index (κ1) is 38.8. The van der Waals surface area contributed by atoms with E-state index < -0.39 is 28.6 Å². The second-order valence-electron chi connectivity index (χ2n) is 12.1. The second kappa shape index (κ2) is 18.3. The van der Waals surface area contributed by atoms with Gasteiger partial charge in [-0.2, -0.15) is 18.3 Å². The van der Waals surface area contributed by atoms with Gasteiger partial charge in [0.1, 0.15) is 0 Å². The third kappa shape index (κ3) is 11.0. The van der Waals surface area contributed by atoms with Crippen molar-refractivity contribution in [2.24, 2.45) is 5.10 Å². The molecule has 0 atom stereocenters. The fraction of sp³-hybridized carbons (Fsp3) is 0.417. The van der Waals surface area contributed by atoms with E-state index in [1.165, 1.54) is 6.07 Å². The first-order valence-corrected chi connectivity index (χ1v) is 17.0. The molecule has 14 heteroatoms. The summed E-state index contributed by atoms with van der Waals surface area (Å²) in [5.41, 5.74) is 3.99. The summed E-state index contributed by atoms with van der Waals surface area (Å²) >= 11 is 5.72. The number of β-amino-alcohol motifs (C(OH)–C–C–N with tert-alkyl or cyclic N) is 1. The Balaban J connectivity index is 1.53. The maximum Gasteiger partial charge on any atom is 0.417 e. The molecule has 3 N–H and O–H groups in total. The van der Waals surface area contributed by atoms with Crippen molar-refractivity contribution in [1.29, 1.82) is 0 Å². The molecule has 0 aliphatic carbocycles. The lowest BCUT2D eigenvalue weighted by Gasteiger charge is -2.36. The number of likely N-dealkylation sites (N-methyl/N-ethyl adjacent to an activating group) is 2. The van der Waals surface area contributed by atoms with Crippen molar-refractivity contribution in [2.45, 2.75) is 26.6 Å². The zero-order valence-electron chi connectivity index (χ0n) is 28.6.